The summed E-state index contributed by atoms with van der Waals surface area (Å²) in [5, 5.41) is 1.42. The molecule has 1 aliphatic carbocycles. The van der Waals surface area contributed by atoms with Crippen LogP contribution in [0, 0.1) is 0 Å². The second-order valence-corrected chi connectivity index (χ2v) is 5.91. The van der Waals surface area contributed by atoms with Gasteiger partial charge in [0.05, 0.1) is 12.2 Å². The van der Waals surface area contributed by atoms with Crippen molar-refractivity contribution in [2.75, 3.05) is 13.7 Å². The number of ether oxygens (including phenoxy) is 1. The third-order valence-corrected chi connectivity index (χ3v) is 3.82. The van der Waals surface area contributed by atoms with Gasteiger partial charge in [0.15, 0.2) is 6.29 Å². The minimum atomic E-state index is 0.118. The van der Waals surface area contributed by atoms with Crippen molar-refractivity contribution in [2.45, 2.75) is 46.1 Å². The van der Waals surface area contributed by atoms with Crippen molar-refractivity contribution in [1.29, 1.82) is 0 Å². The molecule has 2 aromatic rings. The van der Waals surface area contributed by atoms with E-state index < -0.39 is 0 Å². The fourth-order valence-electron chi connectivity index (χ4n) is 2.41. The molecule has 1 fully saturated rings. The van der Waals surface area contributed by atoms with Crippen molar-refractivity contribution in [3.05, 3.63) is 53.6 Å². The normalized spacial score (nSPS) is 13.3. The highest BCUT2D eigenvalue weighted by atomic mass is 16.5. The Bertz CT molecular complexity index is 703. The van der Waals surface area contributed by atoms with Gasteiger partial charge in [0, 0.05) is 37.8 Å². The number of hydrazine groups is 1. The van der Waals surface area contributed by atoms with Gasteiger partial charge in [0.2, 0.25) is 0 Å². The lowest BCUT2D eigenvalue weighted by Gasteiger charge is -2.12. The van der Waals surface area contributed by atoms with Crippen LogP contribution >= 0.6 is 0 Å². The Kier molecular flexibility index (Phi) is 9.47. The number of pyridine rings is 1. The summed E-state index contributed by atoms with van der Waals surface area (Å²) in [5.41, 5.74) is 9.17. The zero-order valence-electron chi connectivity index (χ0n) is 16.3. The van der Waals surface area contributed by atoms with Gasteiger partial charge in [-0.2, -0.15) is 0 Å². The molecule has 3 rings (SSSR count). The number of carbonyl (C=O) groups excluding carboxylic acids is 1. The second kappa shape index (κ2) is 11.3. The molecule has 144 valence electrons. The summed E-state index contributed by atoms with van der Waals surface area (Å²) in [5.74, 6) is 6.54. The number of aromatic nitrogens is 1. The third kappa shape index (κ3) is 6.90. The van der Waals surface area contributed by atoms with Gasteiger partial charge in [-0.3, -0.25) is 4.79 Å². The maximum absolute atomic E-state index is 10.5. The van der Waals surface area contributed by atoms with E-state index in [1.165, 1.54) is 29.6 Å². The summed E-state index contributed by atoms with van der Waals surface area (Å²) in [6.45, 7) is 7.29. The van der Waals surface area contributed by atoms with Crippen LogP contribution in [0.4, 0.5) is 0 Å². The highest BCUT2D eigenvalue weighted by Crippen LogP contribution is 2.40. The predicted octanol–water partition coefficient (Wildman–Crippen LogP) is 3.17. The Morgan fingerprint density at radius 2 is 2.00 bits per heavy atom. The summed E-state index contributed by atoms with van der Waals surface area (Å²) in [6, 6.07) is 6.41. The lowest BCUT2D eigenvalue weighted by Crippen LogP contribution is -2.25. The topological polar surface area (TPSA) is 86.0 Å². The van der Waals surface area contributed by atoms with Crippen molar-refractivity contribution in [3.8, 4) is 0 Å². The van der Waals surface area contributed by atoms with Gasteiger partial charge in [-0.05, 0) is 48.9 Å². The molecule has 26 heavy (non-hydrogen) atoms. The monoisotopic (exact) mass is 360 g/mol. The van der Waals surface area contributed by atoms with Gasteiger partial charge in [-0.25, -0.2) is 5.84 Å². The molecule has 0 aromatic carbocycles. The van der Waals surface area contributed by atoms with Crippen molar-refractivity contribution in [1.82, 2.24) is 9.41 Å². The third-order valence-electron chi connectivity index (χ3n) is 3.82. The van der Waals surface area contributed by atoms with E-state index in [0.29, 0.717) is 12.8 Å². The predicted molar refractivity (Wildman–Crippen MR) is 106 cm³/mol. The van der Waals surface area contributed by atoms with Gasteiger partial charge < -0.3 is 19.9 Å². The average molecular weight is 361 g/mol. The maximum Gasteiger partial charge on any atom is 0.167 e. The van der Waals surface area contributed by atoms with Gasteiger partial charge in [0.1, 0.15) is 0 Å². The van der Waals surface area contributed by atoms with Gasteiger partial charge in [0.25, 0.3) is 0 Å². The van der Waals surface area contributed by atoms with Crippen molar-refractivity contribution >= 4 is 11.8 Å². The van der Waals surface area contributed by atoms with E-state index in [-0.39, 0.29) is 5.70 Å². The van der Waals surface area contributed by atoms with E-state index in [1.807, 2.05) is 20.8 Å². The maximum atomic E-state index is 10.5. The van der Waals surface area contributed by atoms with E-state index in [2.05, 4.69) is 39.7 Å². The SMILES string of the molecule is CC.CCOC.N/C(C=O)=C\N(N)Cc1cc2ccc(C3CC3)cn2c1. The molecule has 2 aromatic heterocycles. The van der Waals surface area contributed by atoms with Crippen LogP contribution in [-0.4, -0.2) is 29.4 Å². The fourth-order valence-corrected chi connectivity index (χ4v) is 2.41. The van der Waals surface area contributed by atoms with Crippen LogP contribution in [0.25, 0.3) is 5.52 Å². The zero-order chi connectivity index (χ0) is 19.5. The number of fused-ring (bicyclic) bond motifs is 1. The molecular weight excluding hydrogens is 328 g/mol. The Hall–Kier alpha value is -2.31. The van der Waals surface area contributed by atoms with Crippen molar-refractivity contribution in [2.24, 2.45) is 11.6 Å². The van der Waals surface area contributed by atoms with Crippen LogP contribution in [0.2, 0.25) is 0 Å². The summed E-state index contributed by atoms with van der Waals surface area (Å²) in [6.07, 6.45) is 8.86. The Morgan fingerprint density at radius 1 is 1.35 bits per heavy atom. The highest BCUT2D eigenvalue weighted by molar-refractivity contribution is 5.71. The lowest BCUT2D eigenvalue weighted by atomic mass is 10.2. The number of hydrogen-bond acceptors (Lipinski definition) is 5. The zero-order valence-corrected chi connectivity index (χ0v) is 16.3. The summed E-state index contributed by atoms with van der Waals surface area (Å²) in [4.78, 5) is 10.5. The average Bonchev–Trinajstić information content (AvgIpc) is 3.43. The van der Waals surface area contributed by atoms with Crippen molar-refractivity contribution in [3.63, 3.8) is 0 Å². The summed E-state index contributed by atoms with van der Waals surface area (Å²) in [7, 11) is 1.68. The van der Waals surface area contributed by atoms with Crippen LogP contribution in [0.1, 0.15) is 50.7 Å². The lowest BCUT2D eigenvalue weighted by molar-refractivity contribution is -0.105. The molecule has 2 heterocycles. The van der Waals surface area contributed by atoms with E-state index >= 15 is 0 Å². The van der Waals surface area contributed by atoms with E-state index in [0.717, 1.165) is 23.6 Å². The minimum absolute atomic E-state index is 0.118. The summed E-state index contributed by atoms with van der Waals surface area (Å²) < 4.78 is 6.67. The van der Waals surface area contributed by atoms with Crippen LogP contribution in [0.3, 0.4) is 0 Å². The number of hydrogen-bond donors (Lipinski definition) is 2. The molecular formula is C20H32N4O2. The van der Waals surface area contributed by atoms with Crippen LogP contribution < -0.4 is 11.6 Å². The molecule has 6 heteroatoms. The van der Waals surface area contributed by atoms with E-state index in [1.54, 1.807) is 7.11 Å². The number of nitrogens with zero attached hydrogens (tertiary/aromatic N) is 2. The number of allylic oxidation sites excluding steroid dienone is 1. The Morgan fingerprint density at radius 3 is 2.54 bits per heavy atom. The van der Waals surface area contributed by atoms with E-state index in [4.69, 9.17) is 11.6 Å². The number of methoxy groups -OCH3 is 1. The molecule has 0 spiro atoms. The van der Waals surface area contributed by atoms with E-state index in [9.17, 15) is 4.79 Å². The number of carbonyl (C=O) groups is 1. The molecule has 0 bridgehead atoms. The summed E-state index contributed by atoms with van der Waals surface area (Å²) >= 11 is 0. The molecule has 0 saturated heterocycles. The molecule has 4 N–H and O–H groups in total. The molecule has 1 aliphatic rings. The molecule has 6 nitrogen and oxygen atoms in total. The molecule has 0 aliphatic heterocycles. The largest absolute Gasteiger partial charge is 0.395 e. The molecule has 0 radical (unpaired) electrons. The minimum Gasteiger partial charge on any atom is -0.395 e. The van der Waals surface area contributed by atoms with Gasteiger partial charge in [-0.15, -0.1) is 0 Å². The number of nitrogens with two attached hydrogens (primary N) is 2. The molecule has 0 unspecified atom stereocenters. The van der Waals surface area contributed by atoms with Gasteiger partial charge >= 0.3 is 0 Å². The molecule has 1 saturated carbocycles. The highest BCUT2D eigenvalue weighted by Gasteiger charge is 2.23. The van der Waals surface area contributed by atoms with Crippen molar-refractivity contribution < 1.29 is 9.53 Å². The van der Waals surface area contributed by atoms with Gasteiger partial charge in [-0.1, -0.05) is 19.9 Å². The molecule has 0 atom stereocenters. The quantitative estimate of drug-likeness (QED) is 0.358. The Balaban J connectivity index is 0.000000500. The first-order valence-electron chi connectivity index (χ1n) is 9.10. The first kappa shape index (κ1) is 21.7. The smallest absolute Gasteiger partial charge is 0.167 e. The fraction of sp³-hybridized carbons (Fsp3) is 0.450. The van der Waals surface area contributed by atoms with Crippen LogP contribution in [-0.2, 0) is 16.1 Å². The number of rotatable bonds is 6. The Labute approximate surface area is 156 Å². The molecule has 0 amide bonds. The first-order chi connectivity index (χ1) is 12.6. The standard InChI is InChI=1S/C15H18N4O.C3H8O.C2H6/c16-14(10-20)9-19(17)7-11-5-15-4-3-13(12-1-2-12)8-18(15)6-11;1-3-4-2;1-2/h3-6,8-10,12H,1-2,7,16-17H2;3H2,1-2H3;1-2H3/b14-9-;;. The first-order valence-corrected chi connectivity index (χ1v) is 9.10. The van der Waals surface area contributed by atoms with Crippen LogP contribution in [0.5, 0.6) is 0 Å². The second-order valence-electron chi connectivity index (χ2n) is 5.91. The van der Waals surface area contributed by atoms with Crippen LogP contribution in [0.15, 0.2) is 42.5 Å². The number of aldehydes is 1.